The molecule has 8 nitrogen and oxygen atoms in total. The van der Waals surface area contributed by atoms with E-state index in [2.05, 4.69) is 36.1 Å². The molecule has 1 aliphatic carbocycles. The highest BCUT2D eigenvalue weighted by molar-refractivity contribution is 7.90. The third-order valence-electron chi connectivity index (χ3n) is 5.24. The van der Waals surface area contributed by atoms with Crippen LogP contribution >= 0.6 is 0 Å². The van der Waals surface area contributed by atoms with Gasteiger partial charge >= 0.3 is 0 Å². The lowest BCUT2D eigenvalue weighted by molar-refractivity contribution is 0.578. The van der Waals surface area contributed by atoms with Gasteiger partial charge in [-0.1, -0.05) is 41.5 Å². The zero-order valence-electron chi connectivity index (χ0n) is 21.9. The summed E-state index contributed by atoms with van der Waals surface area (Å²) in [6, 6.07) is 1.97. The van der Waals surface area contributed by atoms with Gasteiger partial charge in [-0.25, -0.2) is 8.42 Å². The van der Waals surface area contributed by atoms with Gasteiger partial charge in [0.1, 0.15) is 0 Å². The molecule has 0 amide bonds. The van der Waals surface area contributed by atoms with Crippen LogP contribution in [0.5, 0.6) is 0 Å². The Hall–Kier alpha value is -2.42. The monoisotopic (exact) mass is 478 g/mol. The molecule has 0 N–H and O–H groups in total. The minimum Gasteiger partial charge on any atom is -0.273 e. The van der Waals surface area contributed by atoms with Gasteiger partial charge in [0.25, 0.3) is 10.0 Å². The molecule has 3 aromatic heterocycles. The topological polar surface area (TPSA) is 87.6 Å². The number of aryl methyl sites for hydroxylation is 4. The number of nitrogens with zero attached hydrogens (tertiary/aromatic N) is 6. The molecule has 0 saturated heterocycles. The molecule has 0 spiro atoms. The Morgan fingerprint density at radius 1 is 0.909 bits per heavy atom. The lowest BCUT2D eigenvalue weighted by Gasteiger charge is -2.05. The first-order chi connectivity index (χ1) is 15.4. The van der Waals surface area contributed by atoms with Crippen molar-refractivity contribution >= 4 is 10.0 Å². The quantitative estimate of drug-likeness (QED) is 0.529. The summed E-state index contributed by atoms with van der Waals surface area (Å²) < 4.78 is 28.4. The van der Waals surface area contributed by atoms with E-state index in [9.17, 15) is 8.42 Å². The first kappa shape index (κ1) is 28.6. The molecule has 0 bridgehead atoms. The molecule has 3 aromatic rings. The predicted octanol–water partition coefficient (Wildman–Crippen LogP) is 4.95. The van der Waals surface area contributed by atoms with E-state index in [1.165, 1.54) is 17.0 Å². The van der Waals surface area contributed by atoms with E-state index in [4.69, 9.17) is 0 Å². The highest BCUT2D eigenvalue weighted by Crippen LogP contribution is 2.30. The van der Waals surface area contributed by atoms with Crippen molar-refractivity contribution < 1.29 is 8.42 Å². The van der Waals surface area contributed by atoms with E-state index in [0.717, 1.165) is 22.5 Å². The molecule has 4 rings (SSSR count). The second kappa shape index (κ2) is 12.7. The molecule has 1 aliphatic rings. The highest BCUT2D eigenvalue weighted by atomic mass is 32.2. The van der Waals surface area contributed by atoms with Crippen LogP contribution in [-0.2, 0) is 24.1 Å². The average Bonchev–Trinajstić information content (AvgIpc) is 3.24. The summed E-state index contributed by atoms with van der Waals surface area (Å²) in [6.45, 7) is 16.5. The van der Waals surface area contributed by atoms with Crippen molar-refractivity contribution in [3.05, 3.63) is 53.4 Å². The first-order valence-electron chi connectivity index (χ1n) is 11.7. The SMILES string of the molecule is CC.CC(C)c1cnn(S(=O)(=O)C2CC2)c1.Cc1ccnn1C.Cc1cnn(C)c1C(C)C. The standard InChI is InChI=1S/C9H14N2O2S.C8H14N2.C5H8N2.C2H6/c1-7(2)8-5-10-11(6-8)14(12,13)9-3-4-9;1-6(2)8-7(3)5-9-10(8)4;1-5-3-4-6-7(5)2;1-2/h5-7,9H,3-4H2,1-2H3;5-6H,1-4H3;3-4H,1-2H3;1-2H3. The maximum atomic E-state index is 11.7. The number of rotatable bonds is 4. The van der Waals surface area contributed by atoms with Crippen LogP contribution in [0.1, 0.15) is 88.7 Å². The molecule has 9 heteroatoms. The van der Waals surface area contributed by atoms with Crippen molar-refractivity contribution in [3.8, 4) is 0 Å². The lowest BCUT2D eigenvalue weighted by atomic mass is 10.1. The third-order valence-corrected chi connectivity index (χ3v) is 7.28. The normalized spacial score (nSPS) is 13.0. The second-order valence-corrected chi connectivity index (χ2v) is 10.7. The van der Waals surface area contributed by atoms with E-state index in [1.54, 1.807) is 18.6 Å². The maximum Gasteiger partial charge on any atom is 0.256 e. The van der Waals surface area contributed by atoms with Crippen LogP contribution in [0, 0.1) is 13.8 Å². The van der Waals surface area contributed by atoms with Crippen LogP contribution in [-0.4, -0.2) is 42.4 Å². The van der Waals surface area contributed by atoms with E-state index >= 15 is 0 Å². The first-order valence-corrected chi connectivity index (χ1v) is 13.2. The molecule has 3 heterocycles. The summed E-state index contributed by atoms with van der Waals surface area (Å²) >= 11 is 0. The van der Waals surface area contributed by atoms with Crippen molar-refractivity contribution in [2.45, 2.75) is 85.3 Å². The van der Waals surface area contributed by atoms with Crippen LogP contribution in [0.2, 0.25) is 0 Å². The Labute approximate surface area is 200 Å². The van der Waals surface area contributed by atoms with Crippen molar-refractivity contribution in [1.82, 2.24) is 28.7 Å². The summed E-state index contributed by atoms with van der Waals surface area (Å²) in [5, 5.41) is 11.8. The number of hydrogen-bond acceptors (Lipinski definition) is 5. The summed E-state index contributed by atoms with van der Waals surface area (Å²) in [5.41, 5.74) is 4.78. The van der Waals surface area contributed by atoms with Gasteiger partial charge < -0.3 is 0 Å². The summed E-state index contributed by atoms with van der Waals surface area (Å²) in [5.74, 6) is 0.894. The fourth-order valence-corrected chi connectivity index (χ4v) is 4.58. The van der Waals surface area contributed by atoms with Gasteiger partial charge in [0, 0.05) is 37.9 Å². The van der Waals surface area contributed by atoms with E-state index < -0.39 is 10.0 Å². The van der Waals surface area contributed by atoms with Gasteiger partial charge in [-0.05, 0) is 55.7 Å². The molecule has 0 aliphatic heterocycles. The van der Waals surface area contributed by atoms with Crippen molar-refractivity contribution in [1.29, 1.82) is 0 Å². The molecule has 0 radical (unpaired) electrons. The van der Waals surface area contributed by atoms with Gasteiger partial charge in [-0.3, -0.25) is 9.36 Å². The number of aromatic nitrogens is 6. The smallest absolute Gasteiger partial charge is 0.256 e. The van der Waals surface area contributed by atoms with Gasteiger partial charge in [-0.2, -0.15) is 19.4 Å². The Balaban J connectivity index is 0.000000252. The molecule has 33 heavy (non-hydrogen) atoms. The maximum absolute atomic E-state index is 11.7. The summed E-state index contributed by atoms with van der Waals surface area (Å²) in [4.78, 5) is 0. The van der Waals surface area contributed by atoms with Gasteiger partial charge in [0.15, 0.2) is 0 Å². The van der Waals surface area contributed by atoms with Crippen LogP contribution in [0.15, 0.2) is 30.9 Å². The Morgan fingerprint density at radius 2 is 1.52 bits per heavy atom. The van der Waals surface area contributed by atoms with Gasteiger partial charge in [0.2, 0.25) is 0 Å². The zero-order chi connectivity index (χ0) is 25.3. The van der Waals surface area contributed by atoms with Crippen molar-refractivity contribution in [3.63, 3.8) is 0 Å². The highest BCUT2D eigenvalue weighted by Gasteiger charge is 2.37. The lowest BCUT2D eigenvalue weighted by Crippen LogP contribution is -2.17. The van der Waals surface area contributed by atoms with E-state index in [0.29, 0.717) is 11.8 Å². The Kier molecular flexibility index (Phi) is 11.0. The third kappa shape index (κ3) is 8.14. The minimum absolute atomic E-state index is 0.192. The average molecular weight is 479 g/mol. The fraction of sp³-hybridized carbons (Fsp3) is 0.625. The van der Waals surface area contributed by atoms with Crippen molar-refractivity contribution in [2.75, 3.05) is 0 Å². The summed E-state index contributed by atoms with van der Waals surface area (Å²) in [6.07, 6.45) is 8.51. The largest absolute Gasteiger partial charge is 0.273 e. The van der Waals surface area contributed by atoms with Crippen LogP contribution in [0.3, 0.4) is 0 Å². The minimum atomic E-state index is -3.17. The molecular weight excluding hydrogens is 436 g/mol. The zero-order valence-corrected chi connectivity index (χ0v) is 22.8. The molecule has 1 fully saturated rings. The number of hydrogen-bond donors (Lipinski definition) is 0. The molecule has 0 aromatic carbocycles. The molecule has 0 unspecified atom stereocenters. The predicted molar refractivity (Wildman–Crippen MR) is 135 cm³/mol. The summed E-state index contributed by atoms with van der Waals surface area (Å²) in [7, 11) is 0.741. The van der Waals surface area contributed by atoms with E-state index in [-0.39, 0.29) is 5.25 Å². The Bertz CT molecular complexity index is 1040. The molecular formula is C24H42N6O2S. The molecule has 186 valence electrons. The van der Waals surface area contributed by atoms with Crippen molar-refractivity contribution in [2.24, 2.45) is 14.1 Å². The molecule has 1 saturated carbocycles. The van der Waals surface area contributed by atoms with Gasteiger partial charge in [-0.15, -0.1) is 0 Å². The van der Waals surface area contributed by atoms with E-state index in [1.807, 2.05) is 70.3 Å². The van der Waals surface area contributed by atoms with Crippen LogP contribution in [0.4, 0.5) is 0 Å². The second-order valence-electron chi connectivity index (χ2n) is 8.63. The van der Waals surface area contributed by atoms with Crippen LogP contribution in [0.25, 0.3) is 0 Å². The Morgan fingerprint density at radius 3 is 1.79 bits per heavy atom. The van der Waals surface area contributed by atoms with Gasteiger partial charge in [0.05, 0.1) is 17.6 Å². The fourth-order valence-electron chi connectivity index (χ4n) is 3.10. The molecule has 0 atom stereocenters. The van der Waals surface area contributed by atoms with Crippen LogP contribution < -0.4 is 0 Å².